The van der Waals surface area contributed by atoms with Crippen LogP contribution in [0.3, 0.4) is 0 Å². The summed E-state index contributed by atoms with van der Waals surface area (Å²) < 4.78 is 12.7. The molecular weight excluding hydrogens is 266 g/mol. The quantitative estimate of drug-likeness (QED) is 0.635. The van der Waals surface area contributed by atoms with Gasteiger partial charge in [-0.1, -0.05) is 13.8 Å². The molecule has 1 heterocycles. The highest BCUT2D eigenvalue weighted by atomic mass is 16.5. The lowest BCUT2D eigenvalue weighted by molar-refractivity contribution is 0.0958. The molecule has 1 aromatic rings. The van der Waals surface area contributed by atoms with Crippen molar-refractivity contribution in [3.8, 4) is 0 Å². The van der Waals surface area contributed by atoms with Gasteiger partial charge in [-0.3, -0.25) is 4.68 Å². The van der Waals surface area contributed by atoms with Gasteiger partial charge in [0, 0.05) is 32.1 Å². The van der Waals surface area contributed by atoms with Crippen LogP contribution in [0.4, 0.5) is 0 Å². The van der Waals surface area contributed by atoms with Crippen molar-refractivity contribution >= 4 is 0 Å². The number of aryl methyl sites for hydroxylation is 1. The minimum atomic E-state index is 0.529. The van der Waals surface area contributed by atoms with Crippen LogP contribution in [-0.4, -0.2) is 49.3 Å². The molecule has 0 atom stereocenters. The normalized spacial score (nSPS) is 11.5. The highest BCUT2D eigenvalue weighted by Crippen LogP contribution is 2.13. The molecule has 0 aliphatic carbocycles. The van der Waals surface area contributed by atoms with Crippen molar-refractivity contribution < 1.29 is 9.47 Å². The van der Waals surface area contributed by atoms with E-state index >= 15 is 0 Å². The summed E-state index contributed by atoms with van der Waals surface area (Å²) in [4.78, 5) is 0. The molecule has 1 aromatic heterocycles. The van der Waals surface area contributed by atoms with Gasteiger partial charge in [-0.05, 0) is 38.8 Å². The van der Waals surface area contributed by atoms with E-state index in [1.165, 1.54) is 11.3 Å². The summed E-state index contributed by atoms with van der Waals surface area (Å²) in [7, 11) is 1.71. The maximum absolute atomic E-state index is 5.60. The highest BCUT2D eigenvalue weighted by molar-refractivity contribution is 5.24. The predicted molar refractivity (Wildman–Crippen MR) is 85.9 cm³/mol. The molecule has 21 heavy (non-hydrogen) atoms. The van der Waals surface area contributed by atoms with Crippen molar-refractivity contribution in [3.63, 3.8) is 0 Å². The maximum Gasteiger partial charge on any atom is 0.0662 e. The highest BCUT2D eigenvalue weighted by Gasteiger charge is 2.11. The van der Waals surface area contributed by atoms with Gasteiger partial charge in [0.15, 0.2) is 0 Å². The molecule has 0 aliphatic heterocycles. The number of methoxy groups -OCH3 is 1. The Bertz CT molecular complexity index is 402. The SMILES string of the molecule is COCCCOCCn1nc(C)c(CCNC(C)C)c1C. The van der Waals surface area contributed by atoms with Crippen LogP contribution in [0.2, 0.25) is 0 Å². The second kappa shape index (κ2) is 9.92. The summed E-state index contributed by atoms with van der Waals surface area (Å²) in [6.45, 7) is 12.6. The van der Waals surface area contributed by atoms with Gasteiger partial charge in [0.05, 0.1) is 18.8 Å². The summed E-state index contributed by atoms with van der Waals surface area (Å²) >= 11 is 0. The Labute approximate surface area is 129 Å². The van der Waals surface area contributed by atoms with Crippen LogP contribution in [0.5, 0.6) is 0 Å². The van der Waals surface area contributed by atoms with Gasteiger partial charge < -0.3 is 14.8 Å². The van der Waals surface area contributed by atoms with E-state index in [-0.39, 0.29) is 0 Å². The first-order chi connectivity index (χ1) is 10.1. The first-order valence-electron chi connectivity index (χ1n) is 7.89. The third-order valence-corrected chi connectivity index (χ3v) is 3.54. The van der Waals surface area contributed by atoms with Crippen molar-refractivity contribution in [2.45, 2.75) is 53.1 Å². The van der Waals surface area contributed by atoms with Crippen LogP contribution in [-0.2, 0) is 22.4 Å². The van der Waals surface area contributed by atoms with Crippen molar-refractivity contribution in [2.75, 3.05) is 33.5 Å². The minimum absolute atomic E-state index is 0.529. The van der Waals surface area contributed by atoms with E-state index in [2.05, 4.69) is 42.8 Å². The average Bonchev–Trinajstić information content (AvgIpc) is 2.70. The average molecular weight is 297 g/mol. The lowest BCUT2D eigenvalue weighted by atomic mass is 10.1. The second-order valence-corrected chi connectivity index (χ2v) is 5.69. The first-order valence-corrected chi connectivity index (χ1v) is 7.89. The molecule has 122 valence electrons. The number of nitrogens with zero attached hydrogens (tertiary/aromatic N) is 2. The number of rotatable bonds is 11. The maximum atomic E-state index is 5.60. The van der Waals surface area contributed by atoms with E-state index in [1.54, 1.807) is 7.11 Å². The molecule has 0 spiro atoms. The van der Waals surface area contributed by atoms with Crippen LogP contribution < -0.4 is 5.32 Å². The fourth-order valence-electron chi connectivity index (χ4n) is 2.36. The molecule has 1 rings (SSSR count). The molecule has 0 radical (unpaired) electrons. The van der Waals surface area contributed by atoms with Crippen LogP contribution in [0, 0.1) is 13.8 Å². The molecule has 1 N–H and O–H groups in total. The molecule has 5 heteroatoms. The van der Waals surface area contributed by atoms with Gasteiger partial charge in [-0.15, -0.1) is 0 Å². The Kier molecular flexibility index (Phi) is 8.57. The molecule has 5 nitrogen and oxygen atoms in total. The van der Waals surface area contributed by atoms with Crippen LogP contribution >= 0.6 is 0 Å². The third kappa shape index (κ3) is 6.59. The van der Waals surface area contributed by atoms with Crippen molar-refractivity contribution in [1.29, 1.82) is 0 Å². The van der Waals surface area contributed by atoms with Gasteiger partial charge >= 0.3 is 0 Å². The number of nitrogens with one attached hydrogen (secondary N) is 1. The Morgan fingerprint density at radius 3 is 2.62 bits per heavy atom. The zero-order valence-electron chi connectivity index (χ0n) is 14.2. The fraction of sp³-hybridized carbons (Fsp3) is 0.812. The number of hydrogen-bond donors (Lipinski definition) is 1. The summed E-state index contributed by atoms with van der Waals surface area (Å²) in [5, 5.41) is 8.08. The molecule has 0 aliphatic rings. The van der Waals surface area contributed by atoms with Crippen LogP contribution in [0.15, 0.2) is 0 Å². The summed E-state index contributed by atoms with van der Waals surface area (Å²) in [5.74, 6) is 0. The van der Waals surface area contributed by atoms with E-state index < -0.39 is 0 Å². The van der Waals surface area contributed by atoms with Crippen molar-refractivity contribution in [3.05, 3.63) is 17.0 Å². The van der Waals surface area contributed by atoms with E-state index in [1.807, 2.05) is 0 Å². The van der Waals surface area contributed by atoms with Gasteiger partial charge in [-0.2, -0.15) is 5.10 Å². The lowest BCUT2D eigenvalue weighted by Gasteiger charge is -2.09. The standard InChI is InChI=1S/C16H31N3O2/c1-13(2)17-8-7-16-14(3)18-19(15(16)4)9-12-21-11-6-10-20-5/h13,17H,6-12H2,1-5H3. The van der Waals surface area contributed by atoms with Crippen LogP contribution in [0.1, 0.15) is 37.2 Å². The molecule has 0 amide bonds. The third-order valence-electron chi connectivity index (χ3n) is 3.54. The largest absolute Gasteiger partial charge is 0.385 e. The molecule has 0 saturated heterocycles. The Balaban J connectivity index is 2.38. The number of ether oxygens (including phenoxy) is 2. The predicted octanol–water partition coefficient (Wildman–Crippen LogP) is 2.09. The smallest absolute Gasteiger partial charge is 0.0662 e. The fourth-order valence-corrected chi connectivity index (χ4v) is 2.36. The van der Waals surface area contributed by atoms with E-state index in [0.717, 1.165) is 44.8 Å². The topological polar surface area (TPSA) is 48.3 Å². The van der Waals surface area contributed by atoms with Gasteiger partial charge in [0.2, 0.25) is 0 Å². The van der Waals surface area contributed by atoms with E-state index in [0.29, 0.717) is 12.6 Å². The van der Waals surface area contributed by atoms with Crippen LogP contribution in [0.25, 0.3) is 0 Å². The van der Waals surface area contributed by atoms with E-state index in [9.17, 15) is 0 Å². The molecule has 0 aromatic carbocycles. The minimum Gasteiger partial charge on any atom is -0.385 e. The monoisotopic (exact) mass is 297 g/mol. The molecule has 0 unspecified atom stereocenters. The number of hydrogen-bond acceptors (Lipinski definition) is 4. The van der Waals surface area contributed by atoms with Gasteiger partial charge in [-0.25, -0.2) is 0 Å². The van der Waals surface area contributed by atoms with Gasteiger partial charge in [0.1, 0.15) is 0 Å². The molecule has 0 saturated carbocycles. The second-order valence-electron chi connectivity index (χ2n) is 5.69. The van der Waals surface area contributed by atoms with E-state index in [4.69, 9.17) is 9.47 Å². The molecule has 0 fully saturated rings. The van der Waals surface area contributed by atoms with Crippen molar-refractivity contribution in [1.82, 2.24) is 15.1 Å². The Morgan fingerprint density at radius 2 is 1.95 bits per heavy atom. The summed E-state index contributed by atoms with van der Waals surface area (Å²) in [5.41, 5.74) is 3.76. The lowest BCUT2D eigenvalue weighted by Crippen LogP contribution is -2.25. The zero-order valence-corrected chi connectivity index (χ0v) is 14.2. The molecule has 0 bridgehead atoms. The van der Waals surface area contributed by atoms with Gasteiger partial charge in [0.25, 0.3) is 0 Å². The summed E-state index contributed by atoms with van der Waals surface area (Å²) in [6, 6.07) is 0.529. The summed E-state index contributed by atoms with van der Waals surface area (Å²) in [6.07, 6.45) is 1.98. The zero-order chi connectivity index (χ0) is 15.7. The first kappa shape index (κ1) is 18.1. The number of aromatic nitrogens is 2. The Hall–Kier alpha value is -0.910. The van der Waals surface area contributed by atoms with Crippen molar-refractivity contribution in [2.24, 2.45) is 0 Å². The molecular formula is C16H31N3O2. The Morgan fingerprint density at radius 1 is 1.19 bits per heavy atom.